The van der Waals surface area contributed by atoms with Crippen LogP contribution < -0.4 is 5.32 Å². The normalized spacial score (nSPS) is 11.6. The van der Waals surface area contributed by atoms with Gasteiger partial charge >= 0.3 is 20.5 Å². The average molecular weight is 402 g/mol. The summed E-state index contributed by atoms with van der Waals surface area (Å²) in [6.45, 7) is 0.381. The van der Waals surface area contributed by atoms with Crippen molar-refractivity contribution in [1.29, 1.82) is 0 Å². The molecule has 0 aliphatic heterocycles. The molecule has 0 fully saturated rings. The second-order valence-electron chi connectivity index (χ2n) is 6.23. The molecule has 28 heavy (non-hydrogen) atoms. The molecule has 0 heterocycles. The third-order valence-corrected chi connectivity index (χ3v) is 4.78. The van der Waals surface area contributed by atoms with Crippen molar-refractivity contribution in [3.8, 4) is 0 Å². The van der Waals surface area contributed by atoms with Crippen molar-refractivity contribution >= 4 is 20.5 Å². The van der Waals surface area contributed by atoms with Crippen LogP contribution in [0, 0.1) is 5.92 Å². The lowest BCUT2D eigenvalue weighted by Crippen LogP contribution is -2.30. The van der Waals surface area contributed by atoms with E-state index in [9.17, 15) is 14.2 Å². The Morgan fingerprint density at radius 1 is 0.929 bits per heavy atom. The smallest absolute Gasteiger partial charge is 0.407 e. The van der Waals surface area contributed by atoms with Crippen LogP contribution in [-0.2, 0) is 31.9 Å². The fraction of sp³-hybridized carbons (Fsp3) is 0.333. The van der Waals surface area contributed by atoms with Crippen molar-refractivity contribution in [2.75, 3.05) is 19.3 Å². The van der Waals surface area contributed by atoms with Crippen molar-refractivity contribution in [2.24, 2.45) is 5.92 Å². The minimum atomic E-state index is -0.568. The molecule has 1 amide bonds. The minimum absolute atomic E-state index is 0.0447. The van der Waals surface area contributed by atoms with Crippen LogP contribution in [-0.4, -0.2) is 31.4 Å². The lowest BCUT2D eigenvalue weighted by atomic mass is 10.0. The maximum atomic E-state index is 12.2. The van der Waals surface area contributed by atoms with Crippen LogP contribution in [0.5, 0.6) is 0 Å². The summed E-state index contributed by atoms with van der Waals surface area (Å²) in [6.07, 6.45) is 0.999. The highest BCUT2D eigenvalue weighted by molar-refractivity contribution is 7.23. The Balaban J connectivity index is 1.64. The van der Waals surface area contributed by atoms with E-state index in [0.29, 0.717) is 6.42 Å². The second kappa shape index (κ2) is 12.6. The van der Waals surface area contributed by atoms with Gasteiger partial charge in [0, 0.05) is 0 Å². The predicted molar refractivity (Wildman–Crippen MR) is 108 cm³/mol. The number of hydrogen-bond donors (Lipinski definition) is 1. The highest BCUT2D eigenvalue weighted by atomic mass is 31.1. The zero-order chi connectivity index (χ0) is 20.0. The van der Waals surface area contributed by atoms with Gasteiger partial charge in [-0.25, -0.2) is 4.79 Å². The van der Waals surface area contributed by atoms with Crippen molar-refractivity contribution in [3.63, 3.8) is 0 Å². The standard InChI is InChI=1S/C21H24NO5P/c23-20(19(16-28-25)12-11-17-7-3-1-4-8-17)26-14-13-22-21(24)27-15-18-9-5-2-6-10-18/h1-10,19H,11-16H2,(H,22,24)/p+1. The van der Waals surface area contributed by atoms with Crippen molar-refractivity contribution in [2.45, 2.75) is 19.4 Å². The second-order valence-corrected chi connectivity index (χ2v) is 6.92. The van der Waals surface area contributed by atoms with E-state index in [-0.39, 0.29) is 25.9 Å². The molecule has 0 aliphatic carbocycles. The predicted octanol–water partition coefficient (Wildman–Crippen LogP) is 3.73. The van der Waals surface area contributed by atoms with Gasteiger partial charge in [0.25, 0.3) is 0 Å². The summed E-state index contributed by atoms with van der Waals surface area (Å²) in [6, 6.07) is 19.2. The Kier molecular flexibility index (Phi) is 9.73. The molecule has 0 aromatic heterocycles. The highest BCUT2D eigenvalue weighted by Gasteiger charge is 2.23. The average Bonchev–Trinajstić information content (AvgIpc) is 2.74. The number of ether oxygens (including phenoxy) is 2. The van der Waals surface area contributed by atoms with E-state index in [4.69, 9.17) is 9.47 Å². The number of rotatable bonds is 11. The fourth-order valence-corrected chi connectivity index (χ4v) is 3.16. The van der Waals surface area contributed by atoms with Crippen molar-refractivity contribution in [3.05, 3.63) is 71.8 Å². The zero-order valence-corrected chi connectivity index (χ0v) is 16.6. The molecule has 0 radical (unpaired) electrons. The van der Waals surface area contributed by atoms with Crippen LogP contribution in [0.1, 0.15) is 17.5 Å². The monoisotopic (exact) mass is 402 g/mol. The number of alkyl carbamates (subject to hydrolysis) is 1. The summed E-state index contributed by atoms with van der Waals surface area (Å²) in [7, 11) is -0.555. The summed E-state index contributed by atoms with van der Waals surface area (Å²) in [5.74, 6) is -0.806. The number of carbonyl (C=O) groups excluding carboxylic acids is 2. The van der Waals surface area contributed by atoms with E-state index in [0.717, 1.165) is 17.5 Å². The van der Waals surface area contributed by atoms with Gasteiger partial charge in [-0.3, -0.25) is 4.79 Å². The number of carbonyl (C=O) groups is 2. The van der Waals surface area contributed by atoms with Crippen LogP contribution in [0.2, 0.25) is 0 Å². The van der Waals surface area contributed by atoms with Gasteiger partial charge in [0.2, 0.25) is 0 Å². The molecule has 2 atom stereocenters. The summed E-state index contributed by atoms with van der Waals surface area (Å²) < 4.78 is 21.3. The van der Waals surface area contributed by atoms with Crippen LogP contribution in [0.3, 0.4) is 0 Å². The molecule has 0 saturated heterocycles. The Morgan fingerprint density at radius 2 is 1.57 bits per heavy atom. The van der Waals surface area contributed by atoms with Crippen LogP contribution in [0.25, 0.3) is 0 Å². The van der Waals surface area contributed by atoms with Gasteiger partial charge in [0.1, 0.15) is 19.1 Å². The first-order valence-corrected chi connectivity index (χ1v) is 10.3. The van der Waals surface area contributed by atoms with Crippen LogP contribution in [0.15, 0.2) is 60.7 Å². The van der Waals surface area contributed by atoms with Crippen LogP contribution in [0.4, 0.5) is 4.79 Å². The molecule has 6 nitrogen and oxygen atoms in total. The van der Waals surface area contributed by atoms with E-state index in [1.807, 2.05) is 60.7 Å². The number of nitrogens with one attached hydrogen (secondary N) is 1. The first-order valence-electron chi connectivity index (χ1n) is 9.19. The van der Waals surface area contributed by atoms with E-state index in [1.165, 1.54) is 0 Å². The Bertz CT molecular complexity index is 739. The number of esters is 1. The largest absolute Gasteiger partial charge is 0.463 e. The van der Waals surface area contributed by atoms with E-state index < -0.39 is 26.4 Å². The number of aryl methyl sites for hydroxylation is 1. The zero-order valence-electron chi connectivity index (χ0n) is 15.6. The minimum Gasteiger partial charge on any atom is -0.463 e. The third-order valence-electron chi connectivity index (χ3n) is 4.12. The first kappa shape index (κ1) is 21.6. The Morgan fingerprint density at radius 3 is 2.21 bits per heavy atom. The summed E-state index contributed by atoms with van der Waals surface area (Å²) in [4.78, 5) is 23.9. The van der Waals surface area contributed by atoms with Gasteiger partial charge in [-0.05, 0) is 24.0 Å². The van der Waals surface area contributed by atoms with Gasteiger partial charge in [-0.1, -0.05) is 65.2 Å². The molecule has 148 valence electrons. The molecule has 0 spiro atoms. The molecule has 2 unspecified atom stereocenters. The molecular formula is C21H25NO5P+. The molecule has 2 rings (SSSR count). The van der Waals surface area contributed by atoms with Gasteiger partial charge < -0.3 is 14.8 Å². The van der Waals surface area contributed by atoms with Gasteiger partial charge in [0.05, 0.1) is 6.54 Å². The number of amides is 1. The van der Waals surface area contributed by atoms with E-state index in [1.54, 1.807) is 0 Å². The van der Waals surface area contributed by atoms with Gasteiger partial charge in [-0.2, -0.15) is 0 Å². The molecule has 1 N–H and O–H groups in total. The molecule has 7 heteroatoms. The lowest BCUT2D eigenvalue weighted by Gasteiger charge is -2.12. The van der Waals surface area contributed by atoms with E-state index in [2.05, 4.69) is 5.32 Å². The molecular weight excluding hydrogens is 377 g/mol. The maximum Gasteiger partial charge on any atom is 0.407 e. The van der Waals surface area contributed by atoms with E-state index >= 15 is 0 Å². The van der Waals surface area contributed by atoms with Crippen LogP contribution >= 0.6 is 8.46 Å². The quantitative estimate of drug-likeness (QED) is 0.352. The SMILES string of the molecule is O=[PH+]CC(CCc1ccccc1)C(=O)OCCNC(=O)OCc1ccccc1. The molecule has 2 aromatic carbocycles. The highest BCUT2D eigenvalue weighted by Crippen LogP contribution is 2.16. The fourth-order valence-electron chi connectivity index (χ4n) is 2.59. The van der Waals surface area contributed by atoms with Crippen molar-refractivity contribution in [1.82, 2.24) is 5.32 Å². The van der Waals surface area contributed by atoms with Gasteiger partial charge in [-0.15, -0.1) is 0 Å². The Labute approximate surface area is 166 Å². The molecule has 0 bridgehead atoms. The lowest BCUT2D eigenvalue weighted by molar-refractivity contribution is -0.147. The summed E-state index contributed by atoms with van der Waals surface area (Å²) >= 11 is 0. The molecule has 2 aromatic rings. The number of hydrogen-bond acceptors (Lipinski definition) is 5. The molecule has 0 aliphatic rings. The topological polar surface area (TPSA) is 81.7 Å². The number of benzene rings is 2. The Hall–Kier alpha value is -2.72. The van der Waals surface area contributed by atoms with Crippen molar-refractivity contribution < 1.29 is 23.6 Å². The molecule has 0 saturated carbocycles. The first-order chi connectivity index (χ1) is 13.7. The summed E-state index contributed by atoms with van der Waals surface area (Å²) in [5.41, 5.74) is 2.01. The summed E-state index contributed by atoms with van der Waals surface area (Å²) in [5, 5.41) is 2.54. The maximum absolute atomic E-state index is 12.2. The third kappa shape index (κ3) is 8.31. The van der Waals surface area contributed by atoms with Gasteiger partial charge in [0.15, 0.2) is 6.16 Å².